The first-order valence-electron chi connectivity index (χ1n) is 7.59. The summed E-state index contributed by atoms with van der Waals surface area (Å²) in [5, 5.41) is 0. The van der Waals surface area contributed by atoms with Crippen molar-refractivity contribution in [3.63, 3.8) is 0 Å². The average Bonchev–Trinajstić information content (AvgIpc) is 2.48. The molecule has 1 aromatic rings. The monoisotopic (exact) mass is 292 g/mol. The van der Waals surface area contributed by atoms with Gasteiger partial charge in [-0.1, -0.05) is 6.07 Å². The van der Waals surface area contributed by atoms with Gasteiger partial charge in [-0.05, 0) is 38.8 Å². The van der Waals surface area contributed by atoms with Crippen molar-refractivity contribution < 1.29 is 14.3 Å². The fraction of sp³-hybridized carbons (Fsp3) is 0.562. The maximum absolute atomic E-state index is 12.8. The lowest BCUT2D eigenvalue weighted by Gasteiger charge is -2.33. The van der Waals surface area contributed by atoms with Crippen molar-refractivity contribution in [2.24, 2.45) is 0 Å². The highest BCUT2D eigenvalue weighted by atomic mass is 16.5. The summed E-state index contributed by atoms with van der Waals surface area (Å²) in [5.74, 6) is 0.488. The van der Waals surface area contributed by atoms with Crippen molar-refractivity contribution >= 4 is 11.6 Å². The van der Waals surface area contributed by atoms with E-state index >= 15 is 0 Å². The minimum atomic E-state index is -0.0686. The number of nitrogens with zero attached hydrogens (tertiary/aromatic N) is 1. The van der Waals surface area contributed by atoms with E-state index in [-0.39, 0.29) is 12.0 Å². The number of carbonyl (C=O) groups excluding carboxylic acids is 1. The SMILES string of the molecule is CCOc1cccc(N)c1C(=O)N1CCCC(OCC)C1. The van der Waals surface area contributed by atoms with Crippen molar-refractivity contribution in [2.75, 3.05) is 32.0 Å². The van der Waals surface area contributed by atoms with E-state index < -0.39 is 0 Å². The van der Waals surface area contributed by atoms with Crippen molar-refractivity contribution in [3.8, 4) is 5.75 Å². The maximum atomic E-state index is 12.8. The number of hydrogen-bond donors (Lipinski definition) is 1. The molecule has 1 amide bonds. The zero-order chi connectivity index (χ0) is 15.2. The number of benzene rings is 1. The number of amides is 1. The minimum absolute atomic E-state index is 0.0686. The van der Waals surface area contributed by atoms with Crippen LogP contribution in [-0.2, 0) is 4.74 Å². The Hall–Kier alpha value is -1.75. The molecule has 2 N–H and O–H groups in total. The Morgan fingerprint density at radius 1 is 1.38 bits per heavy atom. The van der Waals surface area contributed by atoms with Crippen molar-refractivity contribution in [3.05, 3.63) is 23.8 Å². The van der Waals surface area contributed by atoms with Gasteiger partial charge in [-0.2, -0.15) is 0 Å². The summed E-state index contributed by atoms with van der Waals surface area (Å²) in [6.07, 6.45) is 2.07. The summed E-state index contributed by atoms with van der Waals surface area (Å²) < 4.78 is 11.2. The topological polar surface area (TPSA) is 64.8 Å². The number of nitrogens with two attached hydrogens (primary N) is 1. The molecule has 1 aromatic carbocycles. The van der Waals surface area contributed by atoms with Gasteiger partial charge >= 0.3 is 0 Å². The molecule has 1 heterocycles. The van der Waals surface area contributed by atoms with Crippen LogP contribution < -0.4 is 10.5 Å². The lowest BCUT2D eigenvalue weighted by Crippen LogP contribution is -2.43. The smallest absolute Gasteiger partial charge is 0.259 e. The Bertz CT molecular complexity index is 488. The Kier molecular flexibility index (Phi) is 5.44. The fourth-order valence-electron chi connectivity index (χ4n) is 2.71. The van der Waals surface area contributed by atoms with Crippen LogP contribution in [0, 0.1) is 0 Å². The molecule has 1 unspecified atom stereocenters. The third-order valence-corrected chi connectivity index (χ3v) is 3.64. The summed E-state index contributed by atoms with van der Waals surface area (Å²) >= 11 is 0. The maximum Gasteiger partial charge on any atom is 0.259 e. The number of carbonyl (C=O) groups is 1. The Morgan fingerprint density at radius 2 is 2.19 bits per heavy atom. The van der Waals surface area contributed by atoms with Crippen molar-refractivity contribution in [1.29, 1.82) is 0 Å². The molecule has 1 saturated heterocycles. The van der Waals surface area contributed by atoms with Crippen LogP contribution in [0.4, 0.5) is 5.69 Å². The van der Waals surface area contributed by atoms with E-state index in [1.807, 2.05) is 18.7 Å². The number of ether oxygens (including phenoxy) is 2. The van der Waals surface area contributed by atoms with E-state index in [1.54, 1.807) is 18.2 Å². The summed E-state index contributed by atoms with van der Waals surface area (Å²) in [5.41, 5.74) is 6.93. The number of nitrogen functional groups attached to an aromatic ring is 1. The quantitative estimate of drug-likeness (QED) is 0.846. The molecule has 0 bridgehead atoms. The molecular formula is C16H24N2O3. The van der Waals surface area contributed by atoms with Crippen molar-refractivity contribution in [1.82, 2.24) is 4.90 Å². The van der Waals surface area contributed by atoms with Crippen LogP contribution >= 0.6 is 0 Å². The molecule has 0 aliphatic carbocycles. The van der Waals surface area contributed by atoms with E-state index in [0.717, 1.165) is 19.4 Å². The first kappa shape index (κ1) is 15.6. The van der Waals surface area contributed by atoms with Crippen LogP contribution in [0.5, 0.6) is 5.75 Å². The van der Waals surface area contributed by atoms with Gasteiger partial charge in [0.15, 0.2) is 0 Å². The van der Waals surface area contributed by atoms with E-state index in [0.29, 0.717) is 36.8 Å². The third kappa shape index (κ3) is 3.67. The highest BCUT2D eigenvalue weighted by molar-refractivity contribution is 6.02. The van der Waals surface area contributed by atoms with Gasteiger partial charge in [0.25, 0.3) is 5.91 Å². The second-order valence-electron chi connectivity index (χ2n) is 5.12. The molecule has 5 nitrogen and oxygen atoms in total. The predicted molar refractivity (Wildman–Crippen MR) is 82.6 cm³/mol. The number of hydrogen-bond acceptors (Lipinski definition) is 4. The Labute approximate surface area is 126 Å². The van der Waals surface area contributed by atoms with Gasteiger partial charge in [0.1, 0.15) is 11.3 Å². The molecule has 1 aliphatic rings. The predicted octanol–water partition coefficient (Wildman–Crippen LogP) is 2.31. The summed E-state index contributed by atoms with van der Waals surface area (Å²) in [7, 11) is 0. The van der Waals surface area contributed by atoms with Gasteiger partial charge in [-0.15, -0.1) is 0 Å². The van der Waals surface area contributed by atoms with Crippen LogP contribution in [0.2, 0.25) is 0 Å². The van der Waals surface area contributed by atoms with E-state index in [2.05, 4.69) is 0 Å². The second kappa shape index (κ2) is 7.31. The highest BCUT2D eigenvalue weighted by Gasteiger charge is 2.27. The first-order valence-corrected chi connectivity index (χ1v) is 7.59. The molecule has 5 heteroatoms. The number of likely N-dealkylation sites (tertiary alicyclic amines) is 1. The number of piperidine rings is 1. The molecule has 21 heavy (non-hydrogen) atoms. The van der Waals surface area contributed by atoms with E-state index in [4.69, 9.17) is 15.2 Å². The van der Waals surface area contributed by atoms with Crippen LogP contribution in [0.3, 0.4) is 0 Å². The summed E-state index contributed by atoms with van der Waals surface area (Å²) in [4.78, 5) is 14.6. The van der Waals surface area contributed by atoms with Gasteiger partial charge in [0, 0.05) is 25.4 Å². The summed E-state index contributed by atoms with van der Waals surface area (Å²) in [6, 6.07) is 5.33. The molecule has 0 spiro atoms. The first-order chi connectivity index (χ1) is 10.2. The molecule has 1 fully saturated rings. The Morgan fingerprint density at radius 3 is 2.90 bits per heavy atom. The number of rotatable bonds is 5. The zero-order valence-electron chi connectivity index (χ0n) is 12.8. The van der Waals surface area contributed by atoms with Crippen LogP contribution in [-0.4, -0.2) is 43.2 Å². The van der Waals surface area contributed by atoms with Crippen LogP contribution in [0.15, 0.2) is 18.2 Å². The average molecular weight is 292 g/mol. The molecule has 116 valence electrons. The second-order valence-corrected chi connectivity index (χ2v) is 5.12. The molecule has 1 atom stereocenters. The summed E-state index contributed by atoms with van der Waals surface area (Å²) in [6.45, 7) is 6.40. The third-order valence-electron chi connectivity index (χ3n) is 3.64. The largest absolute Gasteiger partial charge is 0.493 e. The zero-order valence-corrected chi connectivity index (χ0v) is 12.8. The fourth-order valence-corrected chi connectivity index (χ4v) is 2.71. The van der Waals surface area contributed by atoms with Gasteiger partial charge in [0.2, 0.25) is 0 Å². The molecule has 2 rings (SSSR count). The van der Waals surface area contributed by atoms with Crippen LogP contribution in [0.1, 0.15) is 37.0 Å². The Balaban J connectivity index is 2.19. The molecule has 0 radical (unpaired) electrons. The highest BCUT2D eigenvalue weighted by Crippen LogP contribution is 2.27. The molecule has 1 aliphatic heterocycles. The number of anilines is 1. The standard InChI is InChI=1S/C16H24N2O3/c1-3-20-12-7-6-10-18(11-12)16(19)15-13(17)8-5-9-14(15)21-4-2/h5,8-9,12H,3-4,6-7,10-11,17H2,1-2H3. The lowest BCUT2D eigenvalue weighted by atomic mass is 10.1. The molecule has 0 saturated carbocycles. The van der Waals surface area contributed by atoms with E-state index in [9.17, 15) is 4.79 Å². The molecular weight excluding hydrogens is 268 g/mol. The van der Waals surface area contributed by atoms with Gasteiger partial charge in [-0.3, -0.25) is 4.79 Å². The van der Waals surface area contributed by atoms with Crippen molar-refractivity contribution in [2.45, 2.75) is 32.8 Å². The van der Waals surface area contributed by atoms with Gasteiger partial charge in [0.05, 0.1) is 12.7 Å². The van der Waals surface area contributed by atoms with Gasteiger partial charge < -0.3 is 20.1 Å². The van der Waals surface area contributed by atoms with E-state index in [1.165, 1.54) is 0 Å². The van der Waals surface area contributed by atoms with Crippen LogP contribution in [0.25, 0.3) is 0 Å². The molecule has 0 aromatic heterocycles. The van der Waals surface area contributed by atoms with Gasteiger partial charge in [-0.25, -0.2) is 0 Å². The minimum Gasteiger partial charge on any atom is -0.493 e. The lowest BCUT2D eigenvalue weighted by molar-refractivity contribution is 0.00715. The normalized spacial score (nSPS) is 18.6.